The van der Waals surface area contributed by atoms with Crippen molar-refractivity contribution in [2.75, 3.05) is 25.7 Å². The van der Waals surface area contributed by atoms with E-state index in [2.05, 4.69) is 0 Å². The first-order valence-corrected chi connectivity index (χ1v) is 8.76. The molecule has 0 N–H and O–H groups in total. The standard InChI is InChI=1S/C21H25NO5/c1-16(23)22(2)19-7-4-5-8-20(19)27-21(24)9-6-14-26-15-17-10-12-18(25-3)13-11-17/h4-5,7-8,10-13H,6,9,14-15H2,1-3H3. The van der Waals surface area contributed by atoms with Gasteiger partial charge in [-0.15, -0.1) is 0 Å². The number of hydrogen-bond donors (Lipinski definition) is 0. The minimum Gasteiger partial charge on any atom is -0.497 e. The van der Waals surface area contributed by atoms with Crippen LogP contribution in [0.25, 0.3) is 0 Å². The molecule has 0 aliphatic heterocycles. The maximum Gasteiger partial charge on any atom is 0.311 e. The van der Waals surface area contributed by atoms with E-state index in [4.69, 9.17) is 14.2 Å². The number of esters is 1. The molecule has 2 aromatic rings. The van der Waals surface area contributed by atoms with Gasteiger partial charge in [-0.25, -0.2) is 0 Å². The Labute approximate surface area is 159 Å². The molecule has 0 radical (unpaired) electrons. The van der Waals surface area contributed by atoms with Crippen molar-refractivity contribution in [2.24, 2.45) is 0 Å². The lowest BCUT2D eigenvalue weighted by Crippen LogP contribution is -2.24. The Morgan fingerprint density at radius 1 is 1.04 bits per heavy atom. The molecule has 2 aromatic carbocycles. The third-order valence-electron chi connectivity index (χ3n) is 4.02. The number of ether oxygens (including phenoxy) is 3. The molecule has 6 nitrogen and oxygen atoms in total. The molecular weight excluding hydrogens is 346 g/mol. The van der Waals surface area contributed by atoms with Crippen LogP contribution in [0.4, 0.5) is 5.69 Å². The summed E-state index contributed by atoms with van der Waals surface area (Å²) in [5.41, 5.74) is 1.61. The molecule has 0 aromatic heterocycles. The predicted octanol–water partition coefficient (Wildman–Crippen LogP) is 3.58. The average molecular weight is 371 g/mol. The summed E-state index contributed by atoms with van der Waals surface area (Å²) >= 11 is 0. The van der Waals surface area contributed by atoms with Crippen LogP contribution in [0, 0.1) is 0 Å². The largest absolute Gasteiger partial charge is 0.497 e. The van der Waals surface area contributed by atoms with Gasteiger partial charge in [-0.2, -0.15) is 0 Å². The lowest BCUT2D eigenvalue weighted by atomic mass is 10.2. The Hall–Kier alpha value is -2.86. The molecule has 0 aliphatic carbocycles. The lowest BCUT2D eigenvalue weighted by molar-refractivity contribution is -0.134. The average Bonchev–Trinajstić information content (AvgIpc) is 2.68. The summed E-state index contributed by atoms with van der Waals surface area (Å²) < 4.78 is 16.1. The van der Waals surface area contributed by atoms with Crippen LogP contribution in [0.2, 0.25) is 0 Å². The molecule has 0 bridgehead atoms. The third-order valence-corrected chi connectivity index (χ3v) is 4.02. The predicted molar refractivity (Wildman–Crippen MR) is 103 cm³/mol. The summed E-state index contributed by atoms with van der Waals surface area (Å²) in [5, 5.41) is 0. The van der Waals surface area contributed by atoms with Crippen molar-refractivity contribution in [2.45, 2.75) is 26.4 Å². The van der Waals surface area contributed by atoms with Crippen LogP contribution >= 0.6 is 0 Å². The molecule has 0 aliphatic rings. The lowest BCUT2D eigenvalue weighted by Gasteiger charge is -2.18. The van der Waals surface area contributed by atoms with E-state index in [9.17, 15) is 9.59 Å². The molecule has 0 saturated carbocycles. The number of benzene rings is 2. The van der Waals surface area contributed by atoms with Crippen molar-refractivity contribution < 1.29 is 23.8 Å². The van der Waals surface area contributed by atoms with Crippen LogP contribution in [0.3, 0.4) is 0 Å². The summed E-state index contributed by atoms with van der Waals surface area (Å²) in [6, 6.07) is 14.6. The number of carbonyl (C=O) groups excluding carboxylic acids is 2. The number of para-hydroxylation sites is 2. The Morgan fingerprint density at radius 3 is 2.41 bits per heavy atom. The Bertz CT molecular complexity index is 757. The number of amides is 1. The fourth-order valence-electron chi connectivity index (χ4n) is 2.39. The number of hydrogen-bond acceptors (Lipinski definition) is 5. The molecule has 0 spiro atoms. The van der Waals surface area contributed by atoms with Gasteiger partial charge in [-0.05, 0) is 36.2 Å². The topological polar surface area (TPSA) is 65.1 Å². The van der Waals surface area contributed by atoms with Crippen LogP contribution < -0.4 is 14.4 Å². The van der Waals surface area contributed by atoms with Crippen LogP contribution in [0.15, 0.2) is 48.5 Å². The highest BCUT2D eigenvalue weighted by atomic mass is 16.5. The van der Waals surface area contributed by atoms with E-state index in [0.29, 0.717) is 31.1 Å². The van der Waals surface area contributed by atoms with Crippen molar-refractivity contribution in [1.29, 1.82) is 0 Å². The molecule has 1 amide bonds. The van der Waals surface area contributed by atoms with E-state index in [-0.39, 0.29) is 18.3 Å². The van der Waals surface area contributed by atoms with Gasteiger partial charge in [0.15, 0.2) is 5.75 Å². The molecule has 0 heterocycles. The highest BCUT2D eigenvalue weighted by Crippen LogP contribution is 2.27. The van der Waals surface area contributed by atoms with Gasteiger partial charge in [0.1, 0.15) is 5.75 Å². The number of rotatable bonds is 9. The van der Waals surface area contributed by atoms with Gasteiger partial charge in [0.05, 0.1) is 19.4 Å². The Balaban J connectivity index is 1.74. The maximum atomic E-state index is 12.1. The number of carbonyl (C=O) groups is 2. The van der Waals surface area contributed by atoms with Crippen molar-refractivity contribution in [3.05, 3.63) is 54.1 Å². The summed E-state index contributed by atoms with van der Waals surface area (Å²) in [7, 11) is 3.27. The minimum atomic E-state index is -0.354. The molecule has 2 rings (SSSR count). The summed E-state index contributed by atoms with van der Waals surface area (Å²) in [6.07, 6.45) is 0.792. The summed E-state index contributed by atoms with van der Waals surface area (Å²) in [6.45, 7) is 2.39. The SMILES string of the molecule is COc1ccc(COCCCC(=O)Oc2ccccc2N(C)C(C)=O)cc1. The van der Waals surface area contributed by atoms with Gasteiger partial charge in [0.25, 0.3) is 0 Å². The number of anilines is 1. The molecule has 6 heteroatoms. The first kappa shape index (κ1) is 20.5. The summed E-state index contributed by atoms with van der Waals surface area (Å²) in [4.78, 5) is 25.1. The number of nitrogens with zero attached hydrogens (tertiary/aromatic N) is 1. The highest BCUT2D eigenvalue weighted by molar-refractivity contribution is 5.93. The fraction of sp³-hybridized carbons (Fsp3) is 0.333. The van der Waals surface area contributed by atoms with Crippen LogP contribution in [-0.2, 0) is 20.9 Å². The van der Waals surface area contributed by atoms with Gasteiger partial charge in [-0.3, -0.25) is 9.59 Å². The zero-order chi connectivity index (χ0) is 19.6. The van der Waals surface area contributed by atoms with E-state index in [1.807, 2.05) is 24.3 Å². The Kier molecular flexibility index (Phi) is 7.82. The molecule has 0 saturated heterocycles. The monoisotopic (exact) mass is 371 g/mol. The van der Waals surface area contributed by atoms with Gasteiger partial charge in [0, 0.05) is 27.0 Å². The number of methoxy groups -OCH3 is 1. The fourth-order valence-corrected chi connectivity index (χ4v) is 2.39. The third kappa shape index (κ3) is 6.42. The second kappa shape index (κ2) is 10.3. The second-order valence-electron chi connectivity index (χ2n) is 6.02. The molecule has 0 atom stereocenters. The van der Waals surface area contributed by atoms with E-state index >= 15 is 0 Å². The second-order valence-corrected chi connectivity index (χ2v) is 6.02. The van der Waals surface area contributed by atoms with E-state index < -0.39 is 0 Å². The normalized spacial score (nSPS) is 10.3. The van der Waals surface area contributed by atoms with Gasteiger partial charge < -0.3 is 19.1 Å². The van der Waals surface area contributed by atoms with Gasteiger partial charge in [0.2, 0.25) is 5.91 Å². The van der Waals surface area contributed by atoms with Crippen LogP contribution in [-0.4, -0.2) is 32.6 Å². The first-order chi connectivity index (χ1) is 13.0. The molecule has 27 heavy (non-hydrogen) atoms. The Morgan fingerprint density at radius 2 is 1.74 bits per heavy atom. The molecule has 0 fully saturated rings. The van der Waals surface area contributed by atoms with Crippen molar-refractivity contribution in [3.63, 3.8) is 0 Å². The van der Waals surface area contributed by atoms with Gasteiger partial charge in [-0.1, -0.05) is 24.3 Å². The van der Waals surface area contributed by atoms with Crippen molar-refractivity contribution in [1.82, 2.24) is 0 Å². The van der Waals surface area contributed by atoms with E-state index in [0.717, 1.165) is 11.3 Å². The maximum absolute atomic E-state index is 12.1. The van der Waals surface area contributed by atoms with E-state index in [1.54, 1.807) is 38.4 Å². The van der Waals surface area contributed by atoms with Gasteiger partial charge >= 0.3 is 5.97 Å². The van der Waals surface area contributed by atoms with Crippen LogP contribution in [0.1, 0.15) is 25.3 Å². The quantitative estimate of drug-likeness (QED) is 0.383. The zero-order valence-corrected chi connectivity index (χ0v) is 15.9. The minimum absolute atomic E-state index is 0.134. The zero-order valence-electron chi connectivity index (χ0n) is 15.9. The molecular formula is C21H25NO5. The van der Waals surface area contributed by atoms with Crippen molar-refractivity contribution in [3.8, 4) is 11.5 Å². The highest BCUT2D eigenvalue weighted by Gasteiger charge is 2.14. The summed E-state index contributed by atoms with van der Waals surface area (Å²) in [5.74, 6) is 0.689. The molecule has 0 unspecified atom stereocenters. The first-order valence-electron chi connectivity index (χ1n) is 8.76. The molecule has 144 valence electrons. The smallest absolute Gasteiger partial charge is 0.311 e. The van der Waals surface area contributed by atoms with Crippen LogP contribution in [0.5, 0.6) is 11.5 Å². The van der Waals surface area contributed by atoms with E-state index in [1.165, 1.54) is 11.8 Å². The van der Waals surface area contributed by atoms with Crippen molar-refractivity contribution >= 4 is 17.6 Å².